The molecular weight excluding hydrogens is 266 g/mol. The molecule has 0 aliphatic carbocycles. The van der Waals surface area contributed by atoms with E-state index in [0.29, 0.717) is 5.75 Å². The Hall–Kier alpha value is -2.00. The monoisotopic (exact) mass is 281 g/mol. The van der Waals surface area contributed by atoms with E-state index in [1.165, 1.54) is 10.9 Å². The van der Waals surface area contributed by atoms with Gasteiger partial charge in [-0.1, -0.05) is 24.3 Å². The first-order chi connectivity index (χ1) is 9.72. The van der Waals surface area contributed by atoms with Gasteiger partial charge in [-0.2, -0.15) is 0 Å². The van der Waals surface area contributed by atoms with E-state index in [1.807, 2.05) is 37.3 Å². The van der Waals surface area contributed by atoms with Crippen LogP contribution in [-0.2, 0) is 5.75 Å². The van der Waals surface area contributed by atoms with Crippen LogP contribution >= 0.6 is 11.8 Å². The van der Waals surface area contributed by atoms with Gasteiger partial charge in [-0.05, 0) is 42.8 Å². The number of aryl methyl sites for hydroxylation is 1. The number of hydrogen-bond acceptors (Lipinski definition) is 3. The SMILES string of the molecule is Cc1cc(CSc2cccc(O)c2)c2ccccc2n1. The summed E-state index contributed by atoms with van der Waals surface area (Å²) in [5.74, 6) is 1.18. The number of benzene rings is 2. The van der Waals surface area contributed by atoms with Crippen molar-refractivity contribution >= 4 is 22.7 Å². The molecule has 0 aliphatic rings. The van der Waals surface area contributed by atoms with E-state index >= 15 is 0 Å². The molecule has 0 radical (unpaired) electrons. The lowest BCUT2D eigenvalue weighted by Crippen LogP contribution is -1.90. The van der Waals surface area contributed by atoms with Gasteiger partial charge in [0, 0.05) is 21.7 Å². The zero-order chi connectivity index (χ0) is 13.9. The summed E-state index contributed by atoms with van der Waals surface area (Å²) >= 11 is 1.72. The van der Waals surface area contributed by atoms with Crippen molar-refractivity contribution < 1.29 is 5.11 Å². The summed E-state index contributed by atoms with van der Waals surface area (Å²) in [5, 5.41) is 10.7. The Kier molecular flexibility index (Phi) is 3.61. The van der Waals surface area contributed by atoms with Gasteiger partial charge in [0.15, 0.2) is 0 Å². The minimum atomic E-state index is 0.311. The van der Waals surface area contributed by atoms with Crippen molar-refractivity contribution in [2.24, 2.45) is 0 Å². The molecule has 1 heterocycles. The quantitative estimate of drug-likeness (QED) is 0.715. The average molecular weight is 281 g/mol. The van der Waals surface area contributed by atoms with E-state index in [9.17, 15) is 5.11 Å². The number of aromatic nitrogens is 1. The van der Waals surface area contributed by atoms with E-state index in [-0.39, 0.29) is 0 Å². The van der Waals surface area contributed by atoms with Gasteiger partial charge in [0.1, 0.15) is 5.75 Å². The number of phenols is 1. The number of rotatable bonds is 3. The Bertz CT molecular complexity index is 755. The second-order valence-electron chi connectivity index (χ2n) is 4.73. The van der Waals surface area contributed by atoms with Crippen LogP contribution in [0.4, 0.5) is 0 Å². The predicted molar refractivity (Wildman–Crippen MR) is 84.1 cm³/mol. The Morgan fingerprint density at radius 1 is 1.05 bits per heavy atom. The molecule has 3 rings (SSSR count). The molecule has 3 heteroatoms. The molecule has 3 aromatic rings. The van der Waals surface area contributed by atoms with Crippen LogP contribution in [0.1, 0.15) is 11.3 Å². The van der Waals surface area contributed by atoms with Crippen LogP contribution in [0.3, 0.4) is 0 Å². The van der Waals surface area contributed by atoms with Crippen LogP contribution in [0.2, 0.25) is 0 Å². The minimum absolute atomic E-state index is 0.311. The molecule has 20 heavy (non-hydrogen) atoms. The van der Waals surface area contributed by atoms with E-state index < -0.39 is 0 Å². The summed E-state index contributed by atoms with van der Waals surface area (Å²) in [5.41, 5.74) is 3.36. The third-order valence-corrected chi connectivity index (χ3v) is 4.18. The Morgan fingerprint density at radius 3 is 2.75 bits per heavy atom. The fourth-order valence-electron chi connectivity index (χ4n) is 2.25. The molecule has 1 N–H and O–H groups in total. The van der Waals surface area contributed by atoms with Gasteiger partial charge in [0.2, 0.25) is 0 Å². The summed E-state index contributed by atoms with van der Waals surface area (Å²) < 4.78 is 0. The van der Waals surface area contributed by atoms with Crippen molar-refractivity contribution in [2.75, 3.05) is 0 Å². The number of nitrogens with zero attached hydrogens (tertiary/aromatic N) is 1. The Morgan fingerprint density at radius 2 is 1.90 bits per heavy atom. The van der Waals surface area contributed by atoms with E-state index in [4.69, 9.17) is 0 Å². The molecule has 0 atom stereocenters. The summed E-state index contributed by atoms with van der Waals surface area (Å²) in [6.07, 6.45) is 0. The maximum atomic E-state index is 9.50. The molecule has 0 fully saturated rings. The molecule has 0 aliphatic heterocycles. The van der Waals surface area contributed by atoms with Gasteiger partial charge in [-0.3, -0.25) is 4.98 Å². The molecule has 0 amide bonds. The molecule has 2 nitrogen and oxygen atoms in total. The molecule has 0 saturated heterocycles. The zero-order valence-corrected chi connectivity index (χ0v) is 12.0. The van der Waals surface area contributed by atoms with Crippen LogP contribution in [0, 0.1) is 6.92 Å². The maximum Gasteiger partial charge on any atom is 0.116 e. The molecule has 100 valence electrons. The number of fused-ring (bicyclic) bond motifs is 1. The summed E-state index contributed by atoms with van der Waals surface area (Å²) in [6.45, 7) is 2.02. The minimum Gasteiger partial charge on any atom is -0.508 e. The van der Waals surface area contributed by atoms with Gasteiger partial charge < -0.3 is 5.11 Å². The normalized spacial score (nSPS) is 10.8. The fraction of sp³-hybridized carbons (Fsp3) is 0.118. The number of aromatic hydroxyl groups is 1. The van der Waals surface area contributed by atoms with Gasteiger partial charge in [-0.25, -0.2) is 0 Å². The maximum absolute atomic E-state index is 9.50. The number of hydrogen-bond donors (Lipinski definition) is 1. The van der Waals surface area contributed by atoms with Crippen LogP contribution in [0.25, 0.3) is 10.9 Å². The average Bonchev–Trinajstić information content (AvgIpc) is 2.44. The van der Waals surface area contributed by atoms with Crippen LogP contribution in [0.15, 0.2) is 59.5 Å². The third kappa shape index (κ3) is 2.78. The molecule has 0 spiro atoms. The predicted octanol–water partition coefficient (Wildman–Crippen LogP) is 4.54. The highest BCUT2D eigenvalue weighted by Crippen LogP contribution is 2.28. The topological polar surface area (TPSA) is 33.1 Å². The Balaban J connectivity index is 1.91. The summed E-state index contributed by atoms with van der Waals surface area (Å²) in [7, 11) is 0. The van der Waals surface area contributed by atoms with Gasteiger partial charge in [-0.15, -0.1) is 11.8 Å². The molecule has 0 saturated carbocycles. The van der Waals surface area contributed by atoms with Crippen molar-refractivity contribution in [1.29, 1.82) is 0 Å². The van der Waals surface area contributed by atoms with Crippen molar-refractivity contribution in [1.82, 2.24) is 4.98 Å². The lowest BCUT2D eigenvalue weighted by atomic mass is 10.1. The highest BCUT2D eigenvalue weighted by Gasteiger charge is 2.04. The van der Waals surface area contributed by atoms with E-state index in [1.54, 1.807) is 23.9 Å². The molecule has 0 bridgehead atoms. The number of para-hydroxylation sites is 1. The zero-order valence-electron chi connectivity index (χ0n) is 11.2. The lowest BCUT2D eigenvalue weighted by molar-refractivity contribution is 0.474. The van der Waals surface area contributed by atoms with Crippen molar-refractivity contribution in [3.05, 3.63) is 65.9 Å². The third-order valence-electron chi connectivity index (χ3n) is 3.14. The van der Waals surface area contributed by atoms with Gasteiger partial charge in [0.25, 0.3) is 0 Å². The lowest BCUT2D eigenvalue weighted by Gasteiger charge is -2.08. The van der Waals surface area contributed by atoms with Crippen molar-refractivity contribution in [3.8, 4) is 5.75 Å². The van der Waals surface area contributed by atoms with E-state index in [0.717, 1.165) is 21.9 Å². The first-order valence-electron chi connectivity index (χ1n) is 6.49. The highest BCUT2D eigenvalue weighted by atomic mass is 32.2. The molecule has 2 aromatic carbocycles. The van der Waals surface area contributed by atoms with Crippen LogP contribution in [0.5, 0.6) is 5.75 Å². The largest absolute Gasteiger partial charge is 0.508 e. The number of pyridine rings is 1. The van der Waals surface area contributed by atoms with Crippen molar-refractivity contribution in [2.45, 2.75) is 17.6 Å². The highest BCUT2D eigenvalue weighted by molar-refractivity contribution is 7.98. The number of thioether (sulfide) groups is 1. The van der Waals surface area contributed by atoms with E-state index in [2.05, 4.69) is 17.1 Å². The standard InChI is InChI=1S/C17H15NOS/c1-12-9-13(16-7-2-3-8-17(16)18-12)11-20-15-6-4-5-14(19)10-15/h2-10,19H,11H2,1H3. The Labute approximate surface area is 122 Å². The summed E-state index contributed by atoms with van der Waals surface area (Å²) in [4.78, 5) is 5.63. The fourth-order valence-corrected chi connectivity index (χ4v) is 3.19. The van der Waals surface area contributed by atoms with Crippen molar-refractivity contribution in [3.63, 3.8) is 0 Å². The van der Waals surface area contributed by atoms with Gasteiger partial charge in [0.05, 0.1) is 5.52 Å². The number of phenolic OH excluding ortho intramolecular Hbond substituents is 1. The molecule has 1 aromatic heterocycles. The van der Waals surface area contributed by atoms with Gasteiger partial charge >= 0.3 is 0 Å². The molecule has 0 unspecified atom stereocenters. The second kappa shape index (κ2) is 5.55. The molecular formula is C17H15NOS. The second-order valence-corrected chi connectivity index (χ2v) is 5.77. The first-order valence-corrected chi connectivity index (χ1v) is 7.48. The van der Waals surface area contributed by atoms with Crippen LogP contribution in [-0.4, -0.2) is 10.1 Å². The first kappa shape index (κ1) is 13.0. The summed E-state index contributed by atoms with van der Waals surface area (Å²) in [6, 6.07) is 17.7. The smallest absolute Gasteiger partial charge is 0.116 e. The van der Waals surface area contributed by atoms with Crippen LogP contribution < -0.4 is 0 Å².